The van der Waals surface area contributed by atoms with Crippen LogP contribution >= 0.6 is 0 Å². The summed E-state index contributed by atoms with van der Waals surface area (Å²) in [6, 6.07) is 10.4. The lowest BCUT2D eigenvalue weighted by Crippen LogP contribution is -2.15. The quantitative estimate of drug-likeness (QED) is 0.881. The Morgan fingerprint density at radius 3 is 2.78 bits per heavy atom. The third-order valence-electron chi connectivity index (χ3n) is 3.35. The molecule has 0 saturated heterocycles. The molecule has 2 aromatic rings. The molecule has 2 amide bonds. The van der Waals surface area contributed by atoms with Gasteiger partial charge in [0, 0.05) is 5.69 Å². The molecule has 1 aliphatic rings. The van der Waals surface area contributed by atoms with Crippen LogP contribution in [0.25, 0.3) is 0 Å². The van der Waals surface area contributed by atoms with Gasteiger partial charge < -0.3 is 14.8 Å². The van der Waals surface area contributed by atoms with Crippen molar-refractivity contribution in [2.24, 2.45) is 0 Å². The number of anilines is 2. The highest BCUT2D eigenvalue weighted by Gasteiger charge is 2.21. The molecule has 2 aromatic carbocycles. The molecule has 0 unspecified atom stereocenters. The van der Waals surface area contributed by atoms with E-state index in [1.54, 1.807) is 25.1 Å². The summed E-state index contributed by atoms with van der Waals surface area (Å²) in [6.45, 7) is 3.93. The normalized spacial score (nSPS) is 12.2. The lowest BCUT2D eigenvalue weighted by molar-refractivity contribution is 0.102. The van der Waals surface area contributed by atoms with Gasteiger partial charge >= 0.3 is 6.09 Å². The minimum absolute atomic E-state index is 0.273. The summed E-state index contributed by atoms with van der Waals surface area (Å²) in [4.78, 5) is 23.9. The second kappa shape index (κ2) is 6.00. The number of hydrogen-bond acceptors (Lipinski definition) is 4. The largest absolute Gasteiger partial charge is 0.454 e. The maximum Gasteiger partial charge on any atom is 0.411 e. The Bertz CT molecular complexity index is 786. The van der Waals surface area contributed by atoms with Gasteiger partial charge in [-0.2, -0.15) is 0 Å². The van der Waals surface area contributed by atoms with Gasteiger partial charge in [-0.25, -0.2) is 4.79 Å². The average molecular weight is 312 g/mol. The molecule has 3 rings (SSSR count). The van der Waals surface area contributed by atoms with Gasteiger partial charge in [-0.05, 0) is 49.7 Å². The van der Waals surface area contributed by atoms with Crippen LogP contribution in [0.2, 0.25) is 0 Å². The second-order valence-electron chi connectivity index (χ2n) is 5.11. The SMILES string of the molecule is CCOC(=O)Nc1ccc2c(c1)C(=O)Nc1cc(C)ccc1O2. The van der Waals surface area contributed by atoms with E-state index in [4.69, 9.17) is 9.47 Å². The number of amides is 2. The van der Waals surface area contributed by atoms with Gasteiger partial charge in [-0.3, -0.25) is 10.1 Å². The van der Waals surface area contributed by atoms with E-state index in [-0.39, 0.29) is 12.5 Å². The zero-order valence-electron chi connectivity index (χ0n) is 12.8. The van der Waals surface area contributed by atoms with E-state index in [2.05, 4.69) is 10.6 Å². The van der Waals surface area contributed by atoms with E-state index >= 15 is 0 Å². The number of nitrogens with one attached hydrogen (secondary N) is 2. The first-order valence-electron chi connectivity index (χ1n) is 7.24. The number of hydrogen-bond donors (Lipinski definition) is 2. The summed E-state index contributed by atoms with van der Waals surface area (Å²) >= 11 is 0. The van der Waals surface area contributed by atoms with Crippen molar-refractivity contribution < 1.29 is 19.1 Å². The highest BCUT2D eigenvalue weighted by Crippen LogP contribution is 2.37. The molecular formula is C17H16N2O4. The smallest absolute Gasteiger partial charge is 0.411 e. The lowest BCUT2D eigenvalue weighted by Gasteiger charge is -2.09. The Balaban J connectivity index is 1.92. The number of ether oxygens (including phenoxy) is 2. The van der Waals surface area contributed by atoms with Gasteiger partial charge in [-0.1, -0.05) is 6.07 Å². The Labute approximate surface area is 133 Å². The number of carbonyl (C=O) groups excluding carboxylic acids is 2. The molecule has 1 aliphatic heterocycles. The highest BCUT2D eigenvalue weighted by molar-refractivity contribution is 6.08. The van der Waals surface area contributed by atoms with Gasteiger partial charge in [0.15, 0.2) is 5.75 Å². The molecule has 6 heteroatoms. The monoisotopic (exact) mass is 312 g/mol. The molecule has 0 aliphatic carbocycles. The molecule has 0 fully saturated rings. The molecule has 1 heterocycles. The fourth-order valence-electron chi connectivity index (χ4n) is 2.30. The first-order valence-corrected chi connectivity index (χ1v) is 7.24. The minimum Gasteiger partial charge on any atom is -0.454 e. The van der Waals surface area contributed by atoms with E-state index in [0.29, 0.717) is 28.4 Å². The summed E-state index contributed by atoms with van der Waals surface area (Å²) in [5.74, 6) is 0.713. The molecule has 0 spiro atoms. The maximum absolute atomic E-state index is 12.4. The standard InChI is InChI=1S/C17H16N2O4/c1-3-22-17(21)18-11-5-7-14-12(9-11)16(20)19-13-8-10(2)4-6-15(13)23-14/h4-9H,3H2,1-2H3,(H,18,21)(H,19,20). The third-order valence-corrected chi connectivity index (χ3v) is 3.35. The molecular weight excluding hydrogens is 296 g/mol. The van der Waals surface area contributed by atoms with Gasteiger partial charge in [0.25, 0.3) is 5.91 Å². The Morgan fingerprint density at radius 1 is 1.22 bits per heavy atom. The Morgan fingerprint density at radius 2 is 2.00 bits per heavy atom. The lowest BCUT2D eigenvalue weighted by atomic mass is 10.1. The van der Waals surface area contributed by atoms with E-state index in [0.717, 1.165) is 5.56 Å². The van der Waals surface area contributed by atoms with Crippen molar-refractivity contribution >= 4 is 23.4 Å². The van der Waals surface area contributed by atoms with Crippen LogP contribution in [0.1, 0.15) is 22.8 Å². The van der Waals surface area contributed by atoms with Crippen LogP contribution < -0.4 is 15.4 Å². The second-order valence-corrected chi connectivity index (χ2v) is 5.11. The maximum atomic E-state index is 12.4. The molecule has 0 aromatic heterocycles. The Kier molecular flexibility index (Phi) is 3.89. The third kappa shape index (κ3) is 3.11. The number of rotatable bonds is 2. The van der Waals surface area contributed by atoms with Crippen LogP contribution in [0, 0.1) is 6.92 Å². The van der Waals surface area contributed by atoms with E-state index < -0.39 is 6.09 Å². The van der Waals surface area contributed by atoms with Crippen molar-refractivity contribution in [1.82, 2.24) is 0 Å². The van der Waals surface area contributed by atoms with Crippen LogP contribution in [0.4, 0.5) is 16.2 Å². The molecule has 0 atom stereocenters. The molecule has 2 N–H and O–H groups in total. The van der Waals surface area contributed by atoms with Crippen LogP contribution in [0.15, 0.2) is 36.4 Å². The van der Waals surface area contributed by atoms with Gasteiger partial charge in [0.2, 0.25) is 0 Å². The van der Waals surface area contributed by atoms with E-state index in [1.165, 1.54) is 0 Å². The number of aryl methyl sites for hydroxylation is 1. The summed E-state index contributed by atoms with van der Waals surface area (Å²) < 4.78 is 10.6. The fraction of sp³-hybridized carbons (Fsp3) is 0.176. The van der Waals surface area contributed by atoms with Crippen molar-refractivity contribution in [3.8, 4) is 11.5 Å². The summed E-state index contributed by atoms with van der Waals surface area (Å²) in [7, 11) is 0. The van der Waals surface area contributed by atoms with E-state index in [1.807, 2.05) is 25.1 Å². The fourth-order valence-corrected chi connectivity index (χ4v) is 2.30. The van der Waals surface area contributed by atoms with Gasteiger partial charge in [0.05, 0.1) is 17.9 Å². The van der Waals surface area contributed by atoms with E-state index in [9.17, 15) is 9.59 Å². The molecule has 6 nitrogen and oxygen atoms in total. The average Bonchev–Trinajstić information content (AvgIpc) is 2.63. The molecule has 0 bridgehead atoms. The number of benzene rings is 2. The zero-order valence-corrected chi connectivity index (χ0v) is 12.8. The van der Waals surface area contributed by atoms with Gasteiger partial charge in [-0.15, -0.1) is 0 Å². The van der Waals surface area contributed by atoms with Crippen molar-refractivity contribution in [3.63, 3.8) is 0 Å². The number of carbonyl (C=O) groups is 2. The van der Waals surface area contributed by atoms with Crippen molar-refractivity contribution in [2.45, 2.75) is 13.8 Å². The first kappa shape index (κ1) is 14.9. The predicted octanol–water partition coefficient (Wildman–Crippen LogP) is 3.92. The van der Waals surface area contributed by atoms with Crippen molar-refractivity contribution in [3.05, 3.63) is 47.5 Å². The van der Waals surface area contributed by atoms with Crippen molar-refractivity contribution in [1.29, 1.82) is 0 Å². The predicted molar refractivity (Wildman–Crippen MR) is 86.3 cm³/mol. The molecule has 0 radical (unpaired) electrons. The number of fused-ring (bicyclic) bond motifs is 2. The summed E-state index contributed by atoms with van der Waals surface area (Å²) in [6.07, 6.45) is -0.568. The van der Waals surface area contributed by atoms with Crippen molar-refractivity contribution in [2.75, 3.05) is 17.2 Å². The minimum atomic E-state index is -0.568. The first-order chi connectivity index (χ1) is 11.1. The summed E-state index contributed by atoms with van der Waals surface area (Å²) in [5, 5.41) is 5.38. The molecule has 0 saturated carbocycles. The molecule has 23 heavy (non-hydrogen) atoms. The van der Waals surface area contributed by atoms with Crippen LogP contribution in [0.5, 0.6) is 11.5 Å². The molecule has 118 valence electrons. The van der Waals surface area contributed by atoms with Crippen LogP contribution in [0.3, 0.4) is 0 Å². The summed E-state index contributed by atoms with van der Waals surface area (Å²) in [5.41, 5.74) is 2.44. The van der Waals surface area contributed by atoms with Gasteiger partial charge in [0.1, 0.15) is 5.75 Å². The zero-order chi connectivity index (χ0) is 16.4. The van der Waals surface area contributed by atoms with Crippen LogP contribution in [-0.2, 0) is 4.74 Å². The topological polar surface area (TPSA) is 76.7 Å². The Hall–Kier alpha value is -3.02. The highest BCUT2D eigenvalue weighted by atomic mass is 16.5. The van der Waals surface area contributed by atoms with Crippen LogP contribution in [-0.4, -0.2) is 18.6 Å².